The van der Waals surface area contributed by atoms with Crippen LogP contribution in [0.3, 0.4) is 0 Å². The van der Waals surface area contributed by atoms with Gasteiger partial charge in [0.2, 0.25) is 0 Å². The van der Waals surface area contributed by atoms with E-state index in [9.17, 15) is 9.18 Å². The number of para-hydroxylation sites is 1. The summed E-state index contributed by atoms with van der Waals surface area (Å²) in [6.07, 6.45) is 0. The van der Waals surface area contributed by atoms with Crippen LogP contribution in [0.4, 0.5) is 4.39 Å². The Labute approximate surface area is 78.8 Å². The van der Waals surface area contributed by atoms with E-state index in [1.807, 2.05) is 0 Å². The molecule has 1 aromatic carbocycles. The van der Waals surface area contributed by atoms with Crippen LogP contribution in [0.25, 0.3) is 11.0 Å². The first kappa shape index (κ1) is 8.74. The maximum Gasteiger partial charge on any atom is 0.339 e. The average molecular weight is 194 g/mol. The molecule has 14 heavy (non-hydrogen) atoms. The number of hydrogen-bond acceptors (Lipinski definition) is 2. The third-order valence-electron chi connectivity index (χ3n) is 2.14. The quantitative estimate of drug-likeness (QED) is 0.758. The molecule has 1 N–H and O–H groups in total. The summed E-state index contributed by atoms with van der Waals surface area (Å²) in [6.45, 7) is 1.55. The summed E-state index contributed by atoms with van der Waals surface area (Å²) in [5, 5.41) is 9.30. The minimum absolute atomic E-state index is 0.0190. The van der Waals surface area contributed by atoms with Gasteiger partial charge in [0.15, 0.2) is 5.58 Å². The number of carboxylic acid groups (broad SMARTS) is 1. The minimum Gasteiger partial charge on any atom is -0.478 e. The maximum absolute atomic E-state index is 13.0. The molecule has 1 heterocycles. The number of fused-ring (bicyclic) bond motifs is 1. The number of rotatable bonds is 1. The Balaban J connectivity index is 2.88. The summed E-state index contributed by atoms with van der Waals surface area (Å²) >= 11 is 0. The molecule has 72 valence electrons. The van der Waals surface area contributed by atoms with Crippen molar-refractivity contribution in [1.82, 2.24) is 0 Å². The van der Waals surface area contributed by atoms with E-state index >= 15 is 0 Å². The molecule has 3 nitrogen and oxygen atoms in total. The van der Waals surface area contributed by atoms with Crippen molar-refractivity contribution in [2.75, 3.05) is 0 Å². The van der Waals surface area contributed by atoms with E-state index in [1.54, 1.807) is 19.1 Å². The standard InChI is InChI=1S/C10H7FO3/c1-5-6-3-2-4-7(10(12)13)8(6)14-9(5)11/h2-4H,1H3,(H,12,13). The van der Waals surface area contributed by atoms with Crippen molar-refractivity contribution in [2.45, 2.75) is 6.92 Å². The SMILES string of the molecule is Cc1c(F)oc2c(C(=O)O)cccc12. The molecular weight excluding hydrogens is 187 g/mol. The molecule has 0 saturated heterocycles. The summed E-state index contributed by atoms with van der Waals surface area (Å²) in [6, 6.07) is 3.85. The topological polar surface area (TPSA) is 50.4 Å². The molecule has 0 amide bonds. The van der Waals surface area contributed by atoms with Crippen molar-refractivity contribution in [1.29, 1.82) is 0 Å². The third kappa shape index (κ3) is 1.08. The fourth-order valence-corrected chi connectivity index (χ4v) is 1.38. The number of aromatic carboxylic acids is 1. The maximum atomic E-state index is 13.0. The first-order valence-corrected chi connectivity index (χ1v) is 4.02. The van der Waals surface area contributed by atoms with Gasteiger partial charge in [-0.1, -0.05) is 12.1 Å². The number of benzene rings is 1. The van der Waals surface area contributed by atoms with Gasteiger partial charge in [-0.05, 0) is 13.0 Å². The highest BCUT2D eigenvalue weighted by atomic mass is 19.1. The molecule has 0 unspecified atom stereocenters. The second-order valence-corrected chi connectivity index (χ2v) is 2.99. The van der Waals surface area contributed by atoms with Crippen molar-refractivity contribution < 1.29 is 18.7 Å². The summed E-state index contributed by atoms with van der Waals surface area (Å²) in [5.41, 5.74) is 0.410. The Bertz CT molecular complexity index is 513. The summed E-state index contributed by atoms with van der Waals surface area (Å²) in [4.78, 5) is 10.8. The third-order valence-corrected chi connectivity index (χ3v) is 2.14. The van der Waals surface area contributed by atoms with E-state index in [4.69, 9.17) is 9.52 Å². The van der Waals surface area contributed by atoms with Gasteiger partial charge in [0.05, 0.1) is 0 Å². The van der Waals surface area contributed by atoms with Crippen LogP contribution < -0.4 is 0 Å². The van der Waals surface area contributed by atoms with Crippen LogP contribution in [0.5, 0.6) is 0 Å². The molecule has 2 rings (SSSR count). The largest absolute Gasteiger partial charge is 0.478 e. The smallest absolute Gasteiger partial charge is 0.339 e. The molecule has 2 aromatic rings. The molecule has 0 saturated carbocycles. The van der Waals surface area contributed by atoms with Crippen molar-refractivity contribution in [3.63, 3.8) is 0 Å². The Morgan fingerprint density at radius 3 is 2.86 bits per heavy atom. The Kier molecular flexibility index (Phi) is 1.77. The van der Waals surface area contributed by atoms with Crippen LogP contribution in [-0.4, -0.2) is 11.1 Å². The molecule has 1 aromatic heterocycles. The van der Waals surface area contributed by atoms with Gasteiger partial charge in [-0.2, -0.15) is 4.39 Å². The number of carbonyl (C=O) groups is 1. The van der Waals surface area contributed by atoms with Gasteiger partial charge in [0.1, 0.15) is 5.56 Å². The van der Waals surface area contributed by atoms with Gasteiger partial charge in [-0.15, -0.1) is 0 Å². The van der Waals surface area contributed by atoms with E-state index in [2.05, 4.69) is 0 Å². The molecule has 4 heteroatoms. The molecule has 0 aliphatic rings. The van der Waals surface area contributed by atoms with E-state index in [0.717, 1.165) is 0 Å². The molecule has 0 fully saturated rings. The first-order chi connectivity index (χ1) is 6.61. The van der Waals surface area contributed by atoms with Gasteiger partial charge in [0.25, 0.3) is 6.01 Å². The molecule has 0 aliphatic heterocycles. The molecule has 0 atom stereocenters. The van der Waals surface area contributed by atoms with Gasteiger partial charge in [0, 0.05) is 10.9 Å². The lowest BCUT2D eigenvalue weighted by Gasteiger charge is -1.94. The fourth-order valence-electron chi connectivity index (χ4n) is 1.38. The van der Waals surface area contributed by atoms with Gasteiger partial charge < -0.3 is 9.52 Å². The molecular formula is C10H7FO3. The van der Waals surface area contributed by atoms with Crippen LogP contribution >= 0.6 is 0 Å². The van der Waals surface area contributed by atoms with E-state index in [-0.39, 0.29) is 11.1 Å². The zero-order chi connectivity index (χ0) is 10.3. The van der Waals surface area contributed by atoms with Crippen LogP contribution in [0, 0.1) is 12.9 Å². The van der Waals surface area contributed by atoms with E-state index < -0.39 is 12.0 Å². The Morgan fingerprint density at radius 1 is 1.50 bits per heavy atom. The monoisotopic (exact) mass is 194 g/mol. The number of aryl methyl sites for hydroxylation is 1. The molecule has 0 radical (unpaired) electrons. The number of halogens is 1. The molecule has 0 spiro atoms. The van der Waals surface area contributed by atoms with Crippen molar-refractivity contribution >= 4 is 16.9 Å². The highest BCUT2D eigenvalue weighted by Gasteiger charge is 2.16. The molecule has 0 bridgehead atoms. The number of hydrogen-bond donors (Lipinski definition) is 1. The predicted octanol–water partition coefficient (Wildman–Crippen LogP) is 2.58. The van der Waals surface area contributed by atoms with Crippen molar-refractivity contribution in [3.05, 3.63) is 35.3 Å². The van der Waals surface area contributed by atoms with Gasteiger partial charge >= 0.3 is 5.97 Å². The molecule has 0 aliphatic carbocycles. The van der Waals surface area contributed by atoms with Crippen LogP contribution in [0.15, 0.2) is 22.6 Å². The summed E-state index contributed by atoms with van der Waals surface area (Å²) in [7, 11) is 0. The van der Waals surface area contributed by atoms with Crippen LogP contribution in [0.1, 0.15) is 15.9 Å². The van der Waals surface area contributed by atoms with Gasteiger partial charge in [-0.25, -0.2) is 4.79 Å². The lowest BCUT2D eigenvalue weighted by atomic mass is 10.1. The summed E-state index contributed by atoms with van der Waals surface area (Å²) in [5.74, 6) is -1.12. The van der Waals surface area contributed by atoms with E-state index in [1.165, 1.54) is 6.07 Å². The van der Waals surface area contributed by atoms with E-state index in [0.29, 0.717) is 10.9 Å². The highest BCUT2D eigenvalue weighted by Crippen LogP contribution is 2.26. The number of carboxylic acids is 1. The lowest BCUT2D eigenvalue weighted by molar-refractivity contribution is 0.0697. The van der Waals surface area contributed by atoms with Crippen molar-refractivity contribution in [3.8, 4) is 0 Å². The average Bonchev–Trinajstić information content (AvgIpc) is 2.43. The Morgan fingerprint density at radius 2 is 2.21 bits per heavy atom. The van der Waals surface area contributed by atoms with Gasteiger partial charge in [-0.3, -0.25) is 0 Å². The second-order valence-electron chi connectivity index (χ2n) is 2.99. The van der Waals surface area contributed by atoms with Crippen molar-refractivity contribution in [2.24, 2.45) is 0 Å². The summed E-state index contributed by atoms with van der Waals surface area (Å²) < 4.78 is 17.8. The zero-order valence-electron chi connectivity index (χ0n) is 7.37. The first-order valence-electron chi connectivity index (χ1n) is 4.02. The normalized spacial score (nSPS) is 10.7. The minimum atomic E-state index is -1.12. The predicted molar refractivity (Wildman–Crippen MR) is 47.9 cm³/mol. The van der Waals surface area contributed by atoms with Crippen LogP contribution in [0.2, 0.25) is 0 Å². The Hall–Kier alpha value is -1.84. The zero-order valence-corrected chi connectivity index (χ0v) is 7.37. The number of furan rings is 1. The fraction of sp³-hybridized carbons (Fsp3) is 0.100. The lowest BCUT2D eigenvalue weighted by Crippen LogP contribution is -1.95. The van der Waals surface area contributed by atoms with Crippen LogP contribution in [-0.2, 0) is 0 Å². The second kappa shape index (κ2) is 2.83. The highest BCUT2D eigenvalue weighted by molar-refractivity contribution is 6.01.